The van der Waals surface area contributed by atoms with Crippen LogP contribution in [0.15, 0.2) is 39.6 Å². The van der Waals surface area contributed by atoms with E-state index in [1.54, 1.807) is 19.9 Å². The minimum atomic E-state index is -3.85. The van der Waals surface area contributed by atoms with Crippen molar-refractivity contribution < 1.29 is 26.8 Å². The lowest BCUT2D eigenvalue weighted by atomic mass is 10.3. The highest BCUT2D eigenvalue weighted by Crippen LogP contribution is 2.27. The predicted molar refractivity (Wildman–Crippen MR) is 96.6 cm³/mol. The number of anilines is 1. The lowest BCUT2D eigenvalue weighted by Crippen LogP contribution is -2.48. The third kappa shape index (κ3) is 4.05. The summed E-state index contributed by atoms with van der Waals surface area (Å²) in [5.74, 6) is -1.43. The molecule has 1 fully saturated rings. The molecule has 9 heteroatoms. The summed E-state index contributed by atoms with van der Waals surface area (Å²) in [6, 6.07) is 6.85. The number of aryl methyl sites for hydroxylation is 1. The van der Waals surface area contributed by atoms with Crippen LogP contribution in [-0.2, 0) is 14.8 Å². The number of amides is 1. The first kappa shape index (κ1) is 19.5. The number of hydrogen-bond acceptors (Lipinski definition) is 5. The zero-order chi connectivity index (χ0) is 19.8. The van der Waals surface area contributed by atoms with Gasteiger partial charge >= 0.3 is 0 Å². The maximum atomic E-state index is 13.7. The summed E-state index contributed by atoms with van der Waals surface area (Å²) in [7, 11) is -3.85. The molecule has 27 heavy (non-hydrogen) atoms. The number of para-hydroxylation sites is 1. The van der Waals surface area contributed by atoms with Gasteiger partial charge in [-0.05, 0) is 32.9 Å². The molecule has 146 valence electrons. The molecule has 1 aromatic carbocycles. The SMILES string of the molecule is Cc1oc(C(=O)Nc2ccccc2F)cc1S(=O)(=O)N1C[C@@H](C)O[C@@H](C)C1. The zero-order valence-corrected chi connectivity index (χ0v) is 16.0. The van der Waals surface area contributed by atoms with Crippen molar-refractivity contribution in [3.8, 4) is 0 Å². The van der Waals surface area contributed by atoms with E-state index in [2.05, 4.69) is 5.32 Å². The number of halogens is 1. The highest BCUT2D eigenvalue weighted by atomic mass is 32.2. The molecular formula is C18H21FN2O5S. The van der Waals surface area contributed by atoms with E-state index < -0.39 is 21.7 Å². The third-order valence-corrected chi connectivity index (χ3v) is 6.16. The van der Waals surface area contributed by atoms with E-state index >= 15 is 0 Å². The van der Waals surface area contributed by atoms with Crippen LogP contribution in [-0.4, -0.2) is 43.9 Å². The number of furan rings is 1. The molecular weight excluding hydrogens is 375 g/mol. The lowest BCUT2D eigenvalue weighted by Gasteiger charge is -2.34. The Balaban J connectivity index is 1.85. The van der Waals surface area contributed by atoms with Crippen LogP contribution in [0.25, 0.3) is 0 Å². The summed E-state index contributed by atoms with van der Waals surface area (Å²) in [6.45, 7) is 5.50. The Hall–Kier alpha value is -2.23. The van der Waals surface area contributed by atoms with Gasteiger partial charge in [-0.15, -0.1) is 0 Å². The van der Waals surface area contributed by atoms with Gasteiger partial charge in [-0.25, -0.2) is 12.8 Å². The average molecular weight is 396 g/mol. The second kappa shape index (κ2) is 7.41. The second-order valence-electron chi connectivity index (χ2n) is 6.54. The molecule has 1 aliphatic heterocycles. The summed E-state index contributed by atoms with van der Waals surface area (Å²) >= 11 is 0. The van der Waals surface area contributed by atoms with Crippen molar-refractivity contribution in [3.63, 3.8) is 0 Å². The van der Waals surface area contributed by atoms with Crippen molar-refractivity contribution in [2.24, 2.45) is 0 Å². The Bertz CT molecular complexity index is 946. The van der Waals surface area contributed by atoms with Gasteiger partial charge in [0.2, 0.25) is 10.0 Å². The van der Waals surface area contributed by atoms with E-state index in [4.69, 9.17) is 9.15 Å². The second-order valence-corrected chi connectivity index (χ2v) is 8.45. The summed E-state index contributed by atoms with van der Waals surface area (Å²) in [5, 5.41) is 2.38. The Morgan fingerprint density at radius 1 is 1.22 bits per heavy atom. The molecule has 1 aliphatic rings. The highest BCUT2D eigenvalue weighted by Gasteiger charge is 2.35. The molecule has 3 rings (SSSR count). The van der Waals surface area contributed by atoms with Crippen LogP contribution < -0.4 is 5.32 Å². The fourth-order valence-electron chi connectivity index (χ4n) is 3.05. The Morgan fingerprint density at radius 2 is 1.85 bits per heavy atom. The van der Waals surface area contributed by atoms with E-state index in [-0.39, 0.29) is 47.4 Å². The minimum absolute atomic E-state index is 0.0169. The number of carbonyl (C=O) groups excluding carboxylic acids is 1. The fraction of sp³-hybridized carbons (Fsp3) is 0.389. The van der Waals surface area contributed by atoms with Gasteiger partial charge in [0.05, 0.1) is 17.9 Å². The Morgan fingerprint density at radius 3 is 2.48 bits per heavy atom. The Labute approximate surface area is 157 Å². The quantitative estimate of drug-likeness (QED) is 0.858. The van der Waals surface area contributed by atoms with Crippen LogP contribution >= 0.6 is 0 Å². The summed E-state index contributed by atoms with van der Waals surface area (Å²) in [6.07, 6.45) is -0.473. The van der Waals surface area contributed by atoms with Gasteiger partial charge < -0.3 is 14.5 Å². The third-order valence-electron chi connectivity index (χ3n) is 4.22. The first-order chi connectivity index (χ1) is 12.7. The van der Waals surface area contributed by atoms with Crippen molar-refractivity contribution in [1.82, 2.24) is 4.31 Å². The highest BCUT2D eigenvalue weighted by molar-refractivity contribution is 7.89. The first-order valence-corrected chi connectivity index (χ1v) is 9.94. The Kier molecular flexibility index (Phi) is 5.36. The molecule has 0 radical (unpaired) electrons. The average Bonchev–Trinajstić information content (AvgIpc) is 2.99. The molecule has 1 amide bonds. The van der Waals surface area contributed by atoms with Crippen molar-refractivity contribution in [1.29, 1.82) is 0 Å². The number of hydrogen-bond donors (Lipinski definition) is 1. The molecule has 0 aliphatic carbocycles. The van der Waals surface area contributed by atoms with Crippen molar-refractivity contribution in [2.45, 2.75) is 37.9 Å². The molecule has 2 atom stereocenters. The number of sulfonamides is 1. The maximum absolute atomic E-state index is 13.7. The van der Waals surface area contributed by atoms with Crippen LogP contribution in [0.1, 0.15) is 30.2 Å². The van der Waals surface area contributed by atoms with Crippen LogP contribution in [0.2, 0.25) is 0 Å². The zero-order valence-electron chi connectivity index (χ0n) is 15.2. The number of benzene rings is 1. The number of rotatable bonds is 4. The van der Waals surface area contributed by atoms with E-state index in [1.165, 1.54) is 35.5 Å². The largest absolute Gasteiger partial charge is 0.455 e. The van der Waals surface area contributed by atoms with Crippen LogP contribution in [0.3, 0.4) is 0 Å². The summed E-state index contributed by atoms with van der Waals surface area (Å²) < 4.78 is 51.9. The van der Waals surface area contributed by atoms with Crippen molar-refractivity contribution in [2.75, 3.05) is 18.4 Å². The normalized spacial score (nSPS) is 21.2. The van der Waals surface area contributed by atoms with E-state index in [0.717, 1.165) is 0 Å². The topological polar surface area (TPSA) is 88.8 Å². The predicted octanol–water partition coefficient (Wildman–Crippen LogP) is 2.78. The minimum Gasteiger partial charge on any atom is -0.455 e. The van der Waals surface area contributed by atoms with Gasteiger partial charge in [0.15, 0.2) is 5.76 Å². The first-order valence-electron chi connectivity index (χ1n) is 8.50. The number of morpholine rings is 1. The van der Waals surface area contributed by atoms with Crippen molar-refractivity contribution in [3.05, 3.63) is 47.7 Å². The van der Waals surface area contributed by atoms with E-state index in [0.29, 0.717) is 0 Å². The molecule has 0 spiro atoms. The van der Waals surface area contributed by atoms with Gasteiger partial charge in [0.1, 0.15) is 16.5 Å². The van der Waals surface area contributed by atoms with Gasteiger partial charge in [0.25, 0.3) is 5.91 Å². The van der Waals surface area contributed by atoms with E-state index in [9.17, 15) is 17.6 Å². The molecule has 0 saturated carbocycles. The van der Waals surface area contributed by atoms with Crippen LogP contribution in [0, 0.1) is 12.7 Å². The van der Waals surface area contributed by atoms with E-state index in [1.807, 2.05) is 0 Å². The van der Waals surface area contributed by atoms with Gasteiger partial charge in [0, 0.05) is 19.2 Å². The summed E-state index contributed by atoms with van der Waals surface area (Å²) in [5.41, 5.74) is -0.0169. The monoisotopic (exact) mass is 396 g/mol. The number of ether oxygens (including phenoxy) is 1. The number of carbonyl (C=O) groups is 1. The number of nitrogens with one attached hydrogen (secondary N) is 1. The lowest BCUT2D eigenvalue weighted by molar-refractivity contribution is -0.0441. The molecule has 1 aromatic heterocycles. The molecule has 7 nitrogen and oxygen atoms in total. The summed E-state index contributed by atoms with van der Waals surface area (Å²) in [4.78, 5) is 12.3. The molecule has 1 N–H and O–H groups in total. The molecule has 0 unspecified atom stereocenters. The smallest absolute Gasteiger partial charge is 0.291 e. The van der Waals surface area contributed by atoms with Crippen LogP contribution in [0.5, 0.6) is 0 Å². The van der Waals surface area contributed by atoms with Gasteiger partial charge in [-0.3, -0.25) is 4.79 Å². The molecule has 2 heterocycles. The van der Waals surface area contributed by atoms with Crippen LogP contribution in [0.4, 0.5) is 10.1 Å². The number of nitrogens with zero attached hydrogens (tertiary/aromatic N) is 1. The van der Waals surface area contributed by atoms with Gasteiger partial charge in [-0.2, -0.15) is 4.31 Å². The standard InChI is InChI=1S/C18H21FN2O5S/c1-11-9-21(10-12(2)25-11)27(23,24)17-8-16(26-13(17)3)18(22)20-15-7-5-4-6-14(15)19/h4-8,11-12H,9-10H2,1-3H3,(H,20,22)/t11-,12+. The van der Waals surface area contributed by atoms with Crippen molar-refractivity contribution >= 4 is 21.6 Å². The fourth-order valence-corrected chi connectivity index (χ4v) is 4.80. The molecule has 1 saturated heterocycles. The van der Waals surface area contributed by atoms with Gasteiger partial charge in [-0.1, -0.05) is 12.1 Å². The molecule has 0 bridgehead atoms. The maximum Gasteiger partial charge on any atom is 0.291 e. The molecule has 2 aromatic rings.